The third-order valence-electron chi connectivity index (χ3n) is 3.96. The zero-order valence-electron chi connectivity index (χ0n) is 15.2. The number of nitrogens with two attached hydrogens (primary N) is 2. The SMILES string of the molecule is NCCN.O=C(O)c1ccc(-c2ccccc2)c(-c2ccccc2)c1C(=O)O.[NaH]. The van der Waals surface area contributed by atoms with Gasteiger partial charge in [0.05, 0.1) is 11.1 Å². The third kappa shape index (κ3) is 6.25. The van der Waals surface area contributed by atoms with Gasteiger partial charge in [-0.3, -0.25) is 0 Å². The summed E-state index contributed by atoms with van der Waals surface area (Å²) in [5.41, 5.74) is 12.0. The van der Waals surface area contributed by atoms with Gasteiger partial charge in [-0.05, 0) is 22.8 Å². The van der Waals surface area contributed by atoms with E-state index in [2.05, 4.69) is 0 Å². The van der Waals surface area contributed by atoms with E-state index in [9.17, 15) is 19.8 Å². The fraction of sp³-hybridized carbons (Fsp3) is 0.0909. The summed E-state index contributed by atoms with van der Waals surface area (Å²) in [5, 5.41) is 19.0. The van der Waals surface area contributed by atoms with Crippen molar-refractivity contribution in [2.75, 3.05) is 13.1 Å². The van der Waals surface area contributed by atoms with Crippen LogP contribution < -0.4 is 11.5 Å². The zero-order chi connectivity index (χ0) is 20.5. The van der Waals surface area contributed by atoms with Crippen LogP contribution in [0, 0.1) is 0 Å². The third-order valence-corrected chi connectivity index (χ3v) is 3.96. The van der Waals surface area contributed by atoms with Crippen molar-refractivity contribution in [3.63, 3.8) is 0 Å². The van der Waals surface area contributed by atoms with Gasteiger partial charge in [-0.1, -0.05) is 66.7 Å². The molecule has 0 aliphatic rings. The number of hydrogen-bond acceptors (Lipinski definition) is 4. The first-order chi connectivity index (χ1) is 13.5. The molecule has 3 rings (SSSR count). The van der Waals surface area contributed by atoms with E-state index in [-0.39, 0.29) is 40.7 Å². The minimum absolute atomic E-state index is 0. The van der Waals surface area contributed by atoms with Crippen molar-refractivity contribution in [1.82, 2.24) is 0 Å². The summed E-state index contributed by atoms with van der Waals surface area (Å²) >= 11 is 0. The second kappa shape index (κ2) is 12.2. The fourth-order valence-corrected chi connectivity index (χ4v) is 2.77. The van der Waals surface area contributed by atoms with E-state index in [1.165, 1.54) is 6.07 Å². The Bertz CT molecular complexity index is 946. The molecule has 29 heavy (non-hydrogen) atoms. The molecule has 0 aliphatic heterocycles. The molecule has 0 amide bonds. The molecular formula is C22H23N2NaO4. The average molecular weight is 402 g/mol. The molecule has 0 aliphatic carbocycles. The predicted octanol–water partition coefficient (Wildman–Crippen LogP) is 2.67. The standard InChI is InChI=1S/C20H14O4.C2H8N2.Na.H/c21-19(22)16-12-11-15(13-7-3-1-4-8-13)17(18(16)20(23)24)14-9-5-2-6-10-14;3-1-2-4;;/h1-12H,(H,21,22)(H,23,24);1-4H2;;. The molecule has 0 bridgehead atoms. The van der Waals surface area contributed by atoms with E-state index < -0.39 is 11.9 Å². The monoisotopic (exact) mass is 402 g/mol. The summed E-state index contributed by atoms with van der Waals surface area (Å²) in [4.78, 5) is 23.3. The molecular weight excluding hydrogens is 379 g/mol. The molecule has 0 atom stereocenters. The molecule has 146 valence electrons. The molecule has 7 heteroatoms. The topological polar surface area (TPSA) is 127 Å². The van der Waals surface area contributed by atoms with Crippen LogP contribution in [-0.4, -0.2) is 64.8 Å². The summed E-state index contributed by atoms with van der Waals surface area (Å²) < 4.78 is 0. The number of carbonyl (C=O) groups is 2. The van der Waals surface area contributed by atoms with Crippen LogP contribution in [0.3, 0.4) is 0 Å². The molecule has 0 saturated heterocycles. The summed E-state index contributed by atoms with van der Waals surface area (Å²) in [7, 11) is 0. The van der Waals surface area contributed by atoms with Gasteiger partial charge in [-0.2, -0.15) is 0 Å². The molecule has 0 saturated carbocycles. The Balaban J connectivity index is 0.000000771. The zero-order valence-corrected chi connectivity index (χ0v) is 15.2. The van der Waals surface area contributed by atoms with Gasteiger partial charge in [0.2, 0.25) is 0 Å². The van der Waals surface area contributed by atoms with Gasteiger partial charge in [0.1, 0.15) is 0 Å². The first-order valence-corrected chi connectivity index (χ1v) is 8.65. The summed E-state index contributed by atoms with van der Waals surface area (Å²) in [6, 6.07) is 21.3. The minimum atomic E-state index is -1.26. The molecule has 0 fully saturated rings. The maximum absolute atomic E-state index is 11.8. The number of aromatic carboxylic acids is 2. The molecule has 6 N–H and O–H groups in total. The van der Waals surface area contributed by atoms with Crippen LogP contribution in [0.5, 0.6) is 0 Å². The van der Waals surface area contributed by atoms with Crippen LogP contribution in [0.2, 0.25) is 0 Å². The number of benzene rings is 3. The summed E-state index contributed by atoms with van der Waals surface area (Å²) in [6.45, 7) is 1.19. The van der Waals surface area contributed by atoms with Crippen molar-refractivity contribution < 1.29 is 19.8 Å². The van der Waals surface area contributed by atoms with E-state index >= 15 is 0 Å². The van der Waals surface area contributed by atoms with E-state index in [0.29, 0.717) is 29.8 Å². The summed E-state index contributed by atoms with van der Waals surface area (Å²) in [5.74, 6) is -2.52. The van der Waals surface area contributed by atoms with Gasteiger partial charge in [0.25, 0.3) is 0 Å². The maximum atomic E-state index is 11.8. The number of hydrogen-bond donors (Lipinski definition) is 4. The fourth-order valence-electron chi connectivity index (χ4n) is 2.77. The first kappa shape index (κ1) is 24.6. The van der Waals surface area contributed by atoms with Gasteiger partial charge in [-0.25, -0.2) is 9.59 Å². The van der Waals surface area contributed by atoms with E-state index in [1.54, 1.807) is 30.3 Å². The van der Waals surface area contributed by atoms with Crippen molar-refractivity contribution in [3.05, 3.63) is 83.9 Å². The molecule has 3 aromatic rings. The van der Waals surface area contributed by atoms with Crippen molar-refractivity contribution in [2.45, 2.75) is 0 Å². The normalized spacial score (nSPS) is 9.59. The average Bonchev–Trinajstić information content (AvgIpc) is 2.74. The van der Waals surface area contributed by atoms with E-state index in [4.69, 9.17) is 11.5 Å². The molecule has 0 spiro atoms. The van der Waals surface area contributed by atoms with Crippen molar-refractivity contribution in [2.24, 2.45) is 11.5 Å². The molecule has 0 unspecified atom stereocenters. The van der Waals surface area contributed by atoms with E-state index in [0.717, 1.165) is 5.56 Å². The Morgan fingerprint density at radius 2 is 1.17 bits per heavy atom. The number of rotatable bonds is 5. The van der Waals surface area contributed by atoms with Crippen molar-refractivity contribution >= 4 is 41.5 Å². The Morgan fingerprint density at radius 1 is 0.690 bits per heavy atom. The summed E-state index contributed by atoms with van der Waals surface area (Å²) in [6.07, 6.45) is 0. The Labute approximate surface area is 191 Å². The molecule has 0 heterocycles. The van der Waals surface area contributed by atoms with Gasteiger partial charge in [-0.15, -0.1) is 0 Å². The number of carboxylic acid groups (broad SMARTS) is 2. The van der Waals surface area contributed by atoms with Crippen LogP contribution in [0.4, 0.5) is 0 Å². The van der Waals surface area contributed by atoms with Gasteiger partial charge < -0.3 is 21.7 Å². The second-order valence-electron chi connectivity index (χ2n) is 5.83. The van der Waals surface area contributed by atoms with Gasteiger partial charge >= 0.3 is 41.5 Å². The predicted molar refractivity (Wildman–Crippen MR) is 116 cm³/mol. The van der Waals surface area contributed by atoms with Crippen LogP contribution in [0.25, 0.3) is 22.3 Å². The van der Waals surface area contributed by atoms with Crippen LogP contribution >= 0.6 is 0 Å². The van der Waals surface area contributed by atoms with Gasteiger partial charge in [0, 0.05) is 18.7 Å². The molecule has 0 radical (unpaired) electrons. The van der Waals surface area contributed by atoms with Crippen LogP contribution in [-0.2, 0) is 0 Å². The second-order valence-corrected chi connectivity index (χ2v) is 5.83. The Morgan fingerprint density at radius 3 is 1.59 bits per heavy atom. The molecule has 0 aromatic heterocycles. The molecule has 6 nitrogen and oxygen atoms in total. The van der Waals surface area contributed by atoms with Crippen molar-refractivity contribution in [3.8, 4) is 22.3 Å². The van der Waals surface area contributed by atoms with Gasteiger partial charge in [0.15, 0.2) is 0 Å². The molecule has 3 aromatic carbocycles. The Kier molecular flexibility index (Phi) is 10.3. The first-order valence-electron chi connectivity index (χ1n) is 8.65. The number of carboxylic acids is 2. The van der Waals surface area contributed by atoms with E-state index in [1.807, 2.05) is 36.4 Å². The van der Waals surface area contributed by atoms with Crippen molar-refractivity contribution in [1.29, 1.82) is 0 Å². The van der Waals surface area contributed by atoms with Crippen LogP contribution in [0.1, 0.15) is 20.7 Å². The van der Waals surface area contributed by atoms with Crippen LogP contribution in [0.15, 0.2) is 72.8 Å². The Hall–Kier alpha value is -2.48. The quantitative estimate of drug-likeness (QED) is 0.486.